The fraction of sp³-hybridized carbons (Fsp3) is 0.500. The molecule has 33 heavy (non-hydrogen) atoms. The molecule has 3 rings (SSSR count). The van der Waals surface area contributed by atoms with Gasteiger partial charge >= 0.3 is 24.1 Å². The number of nitrogens with zero attached hydrogens (tertiary/aromatic N) is 5. The summed E-state index contributed by atoms with van der Waals surface area (Å²) < 4.78 is 34.7. The number of carbonyl (C=O) groups is 2. The molecule has 0 unspecified atom stereocenters. The first-order valence-electron chi connectivity index (χ1n) is 9.45. The Balaban J connectivity index is 0.000000479. The number of carbonyl (C=O) groups excluding carboxylic acids is 1. The lowest BCUT2D eigenvalue weighted by Crippen LogP contribution is -2.44. The van der Waals surface area contributed by atoms with E-state index in [9.17, 15) is 22.8 Å². The molecule has 0 atom stereocenters. The summed E-state index contributed by atoms with van der Waals surface area (Å²) in [6.07, 6.45) is -5.08. The molecule has 0 radical (unpaired) electrons. The van der Waals surface area contributed by atoms with E-state index < -0.39 is 18.1 Å². The minimum Gasteiger partial charge on any atom is -0.475 e. The average Bonchev–Trinajstić information content (AvgIpc) is 3.12. The van der Waals surface area contributed by atoms with Gasteiger partial charge in [0.25, 0.3) is 5.56 Å². The summed E-state index contributed by atoms with van der Waals surface area (Å²) >= 11 is 0. The lowest BCUT2D eigenvalue weighted by Gasteiger charge is -2.28. The van der Waals surface area contributed by atoms with Gasteiger partial charge in [0, 0.05) is 40.2 Å². The Morgan fingerprint density at radius 3 is 2.36 bits per heavy atom. The number of anilines is 1. The normalized spacial score (nSPS) is 13.5. The maximum absolute atomic E-state index is 12.8. The number of halogens is 3. The molecule has 180 valence electrons. The van der Waals surface area contributed by atoms with Crippen LogP contribution in [0.2, 0.25) is 0 Å². The average molecular weight is 474 g/mol. The quantitative estimate of drug-likeness (QED) is 0.355. The van der Waals surface area contributed by atoms with E-state index in [1.165, 1.54) is 18.5 Å². The first-order valence-corrected chi connectivity index (χ1v) is 9.45. The lowest BCUT2D eigenvalue weighted by atomic mass is 10.4. The van der Waals surface area contributed by atoms with E-state index >= 15 is 0 Å². The maximum atomic E-state index is 12.8. The zero-order valence-corrected chi connectivity index (χ0v) is 17.9. The summed E-state index contributed by atoms with van der Waals surface area (Å²) in [7, 11) is 1.49. The molecule has 2 aromatic rings. The molecule has 15 heteroatoms. The Labute approximate surface area is 184 Å². The Kier molecular flexibility index (Phi) is 8.24. The van der Waals surface area contributed by atoms with Gasteiger partial charge in [0.05, 0.1) is 6.54 Å². The molecule has 0 bridgehead atoms. The van der Waals surface area contributed by atoms with Crippen LogP contribution in [0.3, 0.4) is 0 Å². The molecule has 1 aliphatic rings. The smallest absolute Gasteiger partial charge is 0.475 e. The van der Waals surface area contributed by atoms with Crippen molar-refractivity contribution >= 4 is 29.1 Å². The molecule has 0 amide bonds. The van der Waals surface area contributed by atoms with Crippen LogP contribution in [0.25, 0.3) is 11.2 Å². The van der Waals surface area contributed by atoms with Gasteiger partial charge in [-0.1, -0.05) is 5.92 Å². The third-order valence-electron chi connectivity index (χ3n) is 4.21. The van der Waals surface area contributed by atoms with Crippen LogP contribution in [-0.2, 0) is 28.1 Å². The molecule has 0 spiro atoms. The highest BCUT2D eigenvalue weighted by molar-refractivity contribution is 5.75. The third-order valence-corrected chi connectivity index (χ3v) is 4.21. The molecule has 1 aliphatic heterocycles. The Hall–Kier alpha value is -3.80. The minimum absolute atomic E-state index is 0.143. The number of rotatable bonds is 4. The van der Waals surface area contributed by atoms with Crippen LogP contribution in [0.15, 0.2) is 4.79 Å². The molecule has 0 saturated carbocycles. The molecular formula is C18H21F3N6O6. The molecule has 2 N–H and O–H groups in total. The Bertz CT molecular complexity index is 1140. The van der Waals surface area contributed by atoms with Crippen molar-refractivity contribution in [2.45, 2.75) is 26.6 Å². The molecule has 0 aliphatic carbocycles. The van der Waals surface area contributed by atoms with Gasteiger partial charge < -0.3 is 15.3 Å². The number of aromatic nitrogens is 4. The highest BCUT2D eigenvalue weighted by Crippen LogP contribution is 2.21. The molecule has 2 aromatic heterocycles. The van der Waals surface area contributed by atoms with Crippen molar-refractivity contribution in [2.24, 2.45) is 7.05 Å². The molecular weight excluding hydrogens is 453 g/mol. The number of carboxylic acid groups (broad SMARTS) is 1. The number of aliphatic carboxylic acids is 1. The van der Waals surface area contributed by atoms with Gasteiger partial charge in [0.15, 0.2) is 11.2 Å². The summed E-state index contributed by atoms with van der Waals surface area (Å²) in [4.78, 5) is 52.9. The van der Waals surface area contributed by atoms with Crippen LogP contribution in [0, 0.1) is 11.8 Å². The number of alkyl halides is 3. The van der Waals surface area contributed by atoms with E-state index in [2.05, 4.69) is 36.9 Å². The number of nitrogens with one attached hydrogen (secondary N) is 1. The Morgan fingerprint density at radius 2 is 1.85 bits per heavy atom. The van der Waals surface area contributed by atoms with E-state index in [4.69, 9.17) is 14.8 Å². The first kappa shape index (κ1) is 25.5. The van der Waals surface area contributed by atoms with Crippen molar-refractivity contribution < 1.29 is 37.6 Å². The van der Waals surface area contributed by atoms with Crippen molar-refractivity contribution in [1.82, 2.24) is 24.4 Å². The van der Waals surface area contributed by atoms with E-state index in [0.717, 1.165) is 26.2 Å². The largest absolute Gasteiger partial charge is 0.490 e. The highest BCUT2D eigenvalue weighted by Gasteiger charge is 2.38. The van der Waals surface area contributed by atoms with Crippen LogP contribution in [-0.4, -0.2) is 68.5 Å². The zero-order valence-electron chi connectivity index (χ0n) is 17.9. The summed E-state index contributed by atoms with van der Waals surface area (Å²) in [5, 5.41) is 10.4. The second-order valence-corrected chi connectivity index (χ2v) is 6.55. The van der Waals surface area contributed by atoms with Crippen LogP contribution in [0.5, 0.6) is 6.01 Å². The number of carboxylic acids is 1. The standard InChI is InChI=1S/C16H20N6O4.C2HF3O2/c1-4-5-8-22-12-13(18-15(22)21-9-6-17-7-10-21)19-16(20(3)14(12)24)26-25-11(2)23;3-2(4,5)1(6)7/h17H,6-10H2,1-3H3;(H,6,7). The van der Waals surface area contributed by atoms with E-state index in [-0.39, 0.29) is 17.2 Å². The SMILES string of the molecule is CC#CCn1c(N2CCNCC2)nc2nc(OOC(C)=O)n(C)c(=O)c21.O=C(O)C(F)(F)F. The Morgan fingerprint density at radius 1 is 1.24 bits per heavy atom. The van der Waals surface area contributed by atoms with Crippen molar-refractivity contribution in [3.63, 3.8) is 0 Å². The van der Waals surface area contributed by atoms with Crippen molar-refractivity contribution in [3.8, 4) is 17.9 Å². The number of imidazole rings is 1. The van der Waals surface area contributed by atoms with Gasteiger partial charge in [-0.2, -0.15) is 23.1 Å². The first-order chi connectivity index (χ1) is 15.5. The van der Waals surface area contributed by atoms with E-state index in [1.54, 1.807) is 11.5 Å². The van der Waals surface area contributed by atoms with Crippen molar-refractivity contribution in [2.75, 3.05) is 31.1 Å². The van der Waals surface area contributed by atoms with Crippen molar-refractivity contribution in [1.29, 1.82) is 0 Å². The fourth-order valence-corrected chi connectivity index (χ4v) is 2.71. The highest BCUT2D eigenvalue weighted by atomic mass is 19.4. The molecule has 1 saturated heterocycles. The van der Waals surface area contributed by atoms with Crippen LogP contribution >= 0.6 is 0 Å². The summed E-state index contributed by atoms with van der Waals surface area (Å²) in [5.74, 6) is 3.05. The second-order valence-electron chi connectivity index (χ2n) is 6.55. The zero-order chi connectivity index (χ0) is 24.8. The summed E-state index contributed by atoms with van der Waals surface area (Å²) in [5.41, 5.74) is 0.199. The van der Waals surface area contributed by atoms with Crippen LogP contribution in [0.4, 0.5) is 19.1 Å². The molecule has 3 heterocycles. The summed E-state index contributed by atoms with van der Waals surface area (Å²) in [6, 6.07) is -0.143. The van der Waals surface area contributed by atoms with E-state index in [1.807, 2.05) is 0 Å². The third kappa shape index (κ3) is 6.35. The molecule has 0 aromatic carbocycles. The maximum Gasteiger partial charge on any atom is 0.490 e. The molecule has 12 nitrogen and oxygen atoms in total. The predicted molar refractivity (Wildman–Crippen MR) is 107 cm³/mol. The number of piperazine rings is 1. The number of hydrogen-bond acceptors (Lipinski definition) is 9. The van der Waals surface area contributed by atoms with Crippen LogP contribution < -0.4 is 20.7 Å². The van der Waals surface area contributed by atoms with E-state index in [0.29, 0.717) is 18.0 Å². The monoisotopic (exact) mass is 474 g/mol. The number of fused-ring (bicyclic) bond motifs is 1. The van der Waals surface area contributed by atoms with Crippen LogP contribution in [0.1, 0.15) is 13.8 Å². The van der Waals surface area contributed by atoms with Crippen molar-refractivity contribution in [3.05, 3.63) is 10.4 Å². The van der Waals surface area contributed by atoms with Gasteiger partial charge in [-0.15, -0.1) is 5.92 Å². The summed E-state index contributed by atoms with van der Waals surface area (Å²) in [6.45, 7) is 6.44. The van der Waals surface area contributed by atoms with Gasteiger partial charge in [0.2, 0.25) is 5.95 Å². The topological polar surface area (TPSA) is 141 Å². The fourth-order valence-electron chi connectivity index (χ4n) is 2.71. The van der Waals surface area contributed by atoms with Gasteiger partial charge in [-0.3, -0.25) is 13.9 Å². The van der Waals surface area contributed by atoms with Gasteiger partial charge in [-0.05, 0) is 6.92 Å². The van der Waals surface area contributed by atoms with Gasteiger partial charge in [0.1, 0.15) is 0 Å². The minimum atomic E-state index is -5.08. The second kappa shape index (κ2) is 10.7. The number of hydrogen-bond donors (Lipinski definition) is 2. The van der Waals surface area contributed by atoms with Gasteiger partial charge in [-0.25, -0.2) is 19.4 Å². The lowest BCUT2D eigenvalue weighted by molar-refractivity contribution is -0.215. The molecule has 1 fully saturated rings. The predicted octanol–water partition coefficient (Wildman–Crippen LogP) is 0.0531.